The first-order chi connectivity index (χ1) is 13.0. The zero-order valence-electron chi connectivity index (χ0n) is 14.6. The van der Waals surface area contributed by atoms with Crippen molar-refractivity contribution < 1.29 is 17.9 Å². The molecule has 27 heavy (non-hydrogen) atoms. The molecule has 1 heterocycles. The number of carbonyl (C=O) groups is 1. The molecular formula is C21H17NO4S. The molecule has 1 amide bonds. The SMILES string of the molecule is COc1ccc(CC(=O)N2c3ccccc3S(=O)(=O)c3ccccc32)cc1. The Morgan fingerprint density at radius 3 is 1.89 bits per heavy atom. The summed E-state index contributed by atoms with van der Waals surface area (Å²) in [6.07, 6.45) is 0.146. The first kappa shape index (κ1) is 17.3. The number of rotatable bonds is 3. The van der Waals surface area contributed by atoms with Crippen LogP contribution in [-0.2, 0) is 21.1 Å². The molecule has 3 aromatic carbocycles. The van der Waals surface area contributed by atoms with Gasteiger partial charge in [0.2, 0.25) is 15.7 Å². The summed E-state index contributed by atoms with van der Waals surface area (Å²) in [4.78, 5) is 14.9. The van der Waals surface area contributed by atoms with Gasteiger partial charge >= 0.3 is 0 Å². The van der Waals surface area contributed by atoms with E-state index < -0.39 is 9.84 Å². The Labute approximate surface area is 157 Å². The van der Waals surface area contributed by atoms with Gasteiger partial charge in [0.15, 0.2) is 0 Å². The second-order valence-electron chi connectivity index (χ2n) is 6.19. The van der Waals surface area contributed by atoms with Crippen LogP contribution in [0.5, 0.6) is 5.75 Å². The number of methoxy groups -OCH3 is 1. The van der Waals surface area contributed by atoms with Crippen LogP contribution in [0.1, 0.15) is 5.56 Å². The molecule has 0 saturated carbocycles. The van der Waals surface area contributed by atoms with E-state index in [0.717, 1.165) is 5.56 Å². The molecule has 6 heteroatoms. The third-order valence-electron chi connectivity index (χ3n) is 4.56. The van der Waals surface area contributed by atoms with Gasteiger partial charge in [0.25, 0.3) is 0 Å². The van der Waals surface area contributed by atoms with Gasteiger partial charge in [-0.15, -0.1) is 0 Å². The predicted molar refractivity (Wildman–Crippen MR) is 102 cm³/mol. The highest BCUT2D eigenvalue weighted by molar-refractivity contribution is 7.92. The maximum Gasteiger partial charge on any atom is 0.236 e. The van der Waals surface area contributed by atoms with Gasteiger partial charge in [-0.1, -0.05) is 36.4 Å². The summed E-state index contributed by atoms with van der Waals surface area (Å²) in [5, 5.41) is 0. The zero-order valence-corrected chi connectivity index (χ0v) is 15.4. The maximum atomic E-state index is 13.2. The molecule has 4 rings (SSSR count). The van der Waals surface area contributed by atoms with Crippen molar-refractivity contribution in [2.24, 2.45) is 0 Å². The minimum absolute atomic E-state index is 0.145. The predicted octanol–water partition coefficient (Wildman–Crippen LogP) is 3.75. The Morgan fingerprint density at radius 2 is 1.37 bits per heavy atom. The van der Waals surface area contributed by atoms with Crippen molar-refractivity contribution in [2.45, 2.75) is 16.2 Å². The van der Waals surface area contributed by atoms with Crippen molar-refractivity contribution in [1.29, 1.82) is 0 Å². The number of amides is 1. The van der Waals surface area contributed by atoms with Gasteiger partial charge < -0.3 is 4.74 Å². The smallest absolute Gasteiger partial charge is 0.236 e. The summed E-state index contributed by atoms with van der Waals surface area (Å²) < 4.78 is 31.0. The first-order valence-corrected chi connectivity index (χ1v) is 9.90. The van der Waals surface area contributed by atoms with Crippen LogP contribution >= 0.6 is 0 Å². The molecule has 1 aliphatic heterocycles. The van der Waals surface area contributed by atoms with E-state index in [1.807, 2.05) is 12.1 Å². The fraction of sp³-hybridized carbons (Fsp3) is 0.0952. The molecule has 0 aromatic heterocycles. The highest BCUT2D eigenvalue weighted by Gasteiger charge is 2.36. The molecule has 0 bridgehead atoms. The lowest BCUT2D eigenvalue weighted by Crippen LogP contribution is -2.32. The molecule has 0 N–H and O–H groups in total. The van der Waals surface area contributed by atoms with Gasteiger partial charge in [0.1, 0.15) is 5.75 Å². The number of benzene rings is 3. The fourth-order valence-corrected chi connectivity index (χ4v) is 4.87. The summed E-state index contributed by atoms with van der Waals surface area (Å²) >= 11 is 0. The van der Waals surface area contributed by atoms with Gasteiger partial charge in [-0.3, -0.25) is 9.69 Å². The average Bonchev–Trinajstić information content (AvgIpc) is 2.69. The zero-order chi connectivity index (χ0) is 19.0. The Morgan fingerprint density at radius 1 is 0.852 bits per heavy atom. The monoisotopic (exact) mass is 379 g/mol. The minimum atomic E-state index is -3.66. The van der Waals surface area contributed by atoms with E-state index in [1.165, 1.54) is 17.0 Å². The summed E-state index contributed by atoms with van der Waals surface area (Å²) in [6.45, 7) is 0. The van der Waals surface area contributed by atoms with Crippen molar-refractivity contribution in [3.05, 3.63) is 78.4 Å². The third-order valence-corrected chi connectivity index (χ3v) is 6.40. The number of hydrogen-bond acceptors (Lipinski definition) is 4. The minimum Gasteiger partial charge on any atom is -0.497 e. The van der Waals surface area contributed by atoms with Crippen LogP contribution in [0.15, 0.2) is 82.6 Å². The standard InChI is InChI=1S/C21H17NO4S/c1-26-16-12-10-15(11-13-16)14-21(23)22-17-6-2-4-8-19(17)27(24,25)20-9-5-3-7-18(20)22/h2-13H,14H2,1H3. The second-order valence-corrected chi connectivity index (χ2v) is 8.08. The topological polar surface area (TPSA) is 63.7 Å². The van der Waals surface area contributed by atoms with Crippen molar-refractivity contribution in [1.82, 2.24) is 0 Å². The third kappa shape index (κ3) is 2.88. The van der Waals surface area contributed by atoms with E-state index in [-0.39, 0.29) is 22.1 Å². The molecule has 3 aromatic rings. The lowest BCUT2D eigenvalue weighted by atomic mass is 10.1. The number of ether oxygens (including phenoxy) is 1. The maximum absolute atomic E-state index is 13.2. The number of carbonyl (C=O) groups excluding carboxylic acids is 1. The molecule has 0 radical (unpaired) electrons. The van der Waals surface area contributed by atoms with Gasteiger partial charge in [0, 0.05) is 0 Å². The second kappa shape index (κ2) is 6.55. The van der Waals surface area contributed by atoms with E-state index >= 15 is 0 Å². The van der Waals surface area contributed by atoms with Crippen LogP contribution in [0.3, 0.4) is 0 Å². The molecule has 5 nitrogen and oxygen atoms in total. The van der Waals surface area contributed by atoms with Crippen LogP contribution < -0.4 is 9.64 Å². The Kier molecular flexibility index (Phi) is 4.20. The number of sulfone groups is 1. The molecule has 0 spiro atoms. The van der Waals surface area contributed by atoms with Crippen molar-refractivity contribution >= 4 is 27.1 Å². The van der Waals surface area contributed by atoms with E-state index in [2.05, 4.69) is 0 Å². The lowest BCUT2D eigenvalue weighted by Gasteiger charge is -2.31. The molecule has 1 aliphatic rings. The summed E-state index contributed by atoms with van der Waals surface area (Å²) in [5.74, 6) is 0.515. The lowest BCUT2D eigenvalue weighted by molar-refractivity contribution is -0.117. The van der Waals surface area contributed by atoms with Crippen molar-refractivity contribution in [2.75, 3.05) is 12.0 Å². The van der Waals surface area contributed by atoms with Crippen LogP contribution in [0.25, 0.3) is 0 Å². The molecule has 0 unspecified atom stereocenters. The molecular weight excluding hydrogens is 362 g/mol. The van der Waals surface area contributed by atoms with Gasteiger partial charge in [0.05, 0.1) is 34.7 Å². The molecule has 136 valence electrons. The van der Waals surface area contributed by atoms with Gasteiger partial charge in [-0.05, 0) is 42.0 Å². The van der Waals surface area contributed by atoms with E-state index in [4.69, 9.17) is 4.74 Å². The number of para-hydroxylation sites is 2. The summed E-state index contributed by atoms with van der Waals surface area (Å²) in [7, 11) is -2.07. The van der Waals surface area contributed by atoms with Crippen LogP contribution in [0.2, 0.25) is 0 Å². The largest absolute Gasteiger partial charge is 0.497 e. The molecule has 0 fully saturated rings. The van der Waals surface area contributed by atoms with Crippen LogP contribution in [0, 0.1) is 0 Å². The number of anilines is 2. The average molecular weight is 379 g/mol. The Balaban J connectivity index is 1.79. The normalized spacial score (nSPS) is 14.2. The van der Waals surface area contributed by atoms with E-state index in [0.29, 0.717) is 17.1 Å². The first-order valence-electron chi connectivity index (χ1n) is 8.41. The molecule has 0 atom stereocenters. The highest BCUT2D eigenvalue weighted by Crippen LogP contribution is 2.44. The van der Waals surface area contributed by atoms with Gasteiger partial charge in [-0.2, -0.15) is 0 Å². The number of nitrogens with zero attached hydrogens (tertiary/aromatic N) is 1. The summed E-state index contributed by atoms with van der Waals surface area (Å²) in [6, 6.07) is 20.4. The number of fused-ring (bicyclic) bond motifs is 2. The Bertz CT molecular complexity index is 1070. The summed E-state index contributed by atoms with van der Waals surface area (Å²) in [5.41, 5.74) is 1.59. The number of hydrogen-bond donors (Lipinski definition) is 0. The van der Waals surface area contributed by atoms with Crippen molar-refractivity contribution in [3.63, 3.8) is 0 Å². The molecule has 0 saturated heterocycles. The highest BCUT2D eigenvalue weighted by atomic mass is 32.2. The molecule has 0 aliphatic carbocycles. The van der Waals surface area contributed by atoms with Crippen molar-refractivity contribution in [3.8, 4) is 5.75 Å². The van der Waals surface area contributed by atoms with E-state index in [9.17, 15) is 13.2 Å². The van der Waals surface area contributed by atoms with E-state index in [1.54, 1.807) is 55.6 Å². The van der Waals surface area contributed by atoms with Crippen LogP contribution in [0.4, 0.5) is 11.4 Å². The van der Waals surface area contributed by atoms with Crippen LogP contribution in [-0.4, -0.2) is 21.4 Å². The Hall–Kier alpha value is -3.12. The quantitative estimate of drug-likeness (QED) is 0.695. The van der Waals surface area contributed by atoms with Gasteiger partial charge in [-0.25, -0.2) is 8.42 Å². The fourth-order valence-electron chi connectivity index (χ4n) is 3.25.